The van der Waals surface area contributed by atoms with Gasteiger partial charge in [-0.15, -0.1) is 0 Å². The van der Waals surface area contributed by atoms with E-state index in [0.717, 1.165) is 0 Å². The van der Waals surface area contributed by atoms with Gasteiger partial charge < -0.3 is 18.2 Å². The van der Waals surface area contributed by atoms with Crippen LogP contribution in [0.2, 0.25) is 0 Å². The Labute approximate surface area is 341 Å². The molecule has 37 heteroatoms. The number of rotatable bonds is 4. The van der Waals surface area contributed by atoms with E-state index in [1.54, 1.807) is 0 Å². The molecule has 0 radical (unpaired) electrons. The third kappa shape index (κ3) is 12.1. The molecule has 336 valence electrons. The zero-order chi connectivity index (χ0) is 47.9. The van der Waals surface area contributed by atoms with Crippen LogP contribution < -0.4 is 0 Å². The Hall–Kier alpha value is -4.00. The third-order valence-electron chi connectivity index (χ3n) is 5.68. The van der Waals surface area contributed by atoms with Crippen LogP contribution in [-0.2, 0) is 66.7 Å². The van der Waals surface area contributed by atoms with Crippen molar-refractivity contribution in [1.82, 2.24) is 0 Å². The Morgan fingerprint density at radius 1 is 0.197 bits per heavy atom. The van der Waals surface area contributed by atoms with Crippen LogP contribution in [0.5, 0.6) is 0 Å². The molecule has 0 amide bonds. The van der Waals surface area contributed by atoms with Crippen LogP contribution in [0.15, 0.2) is 19.6 Å². The first kappa shape index (κ1) is 57.0. The Balaban J connectivity index is 0.000000783. The summed E-state index contributed by atoms with van der Waals surface area (Å²) in [5.74, 6) is -51.3. The fraction of sp³-hybridized carbons (Fsp3) is 0. The zero-order valence-corrected chi connectivity index (χ0v) is 32.3. The monoisotopic (exact) mass is 1080 g/mol. The van der Waals surface area contributed by atoms with Gasteiger partial charge in [0.2, 0.25) is 23.3 Å². The Morgan fingerprint density at radius 2 is 0.262 bits per heavy atom. The van der Waals surface area contributed by atoms with Crippen molar-refractivity contribution < 1.29 is 166 Å². The van der Waals surface area contributed by atoms with E-state index in [4.69, 9.17) is 0 Å². The van der Waals surface area contributed by atoms with Gasteiger partial charge >= 0.3 is 26.2 Å². The molecule has 0 aliphatic heterocycles. The molecular formula is C24F20O12S4Zr. The van der Waals surface area contributed by atoms with Gasteiger partial charge in [0.1, 0.15) is 60.1 Å². The van der Waals surface area contributed by atoms with Gasteiger partial charge in [-0.2, -0.15) is 0 Å². The second kappa shape index (κ2) is 20.0. The van der Waals surface area contributed by atoms with Gasteiger partial charge in [0, 0.05) is 0 Å². The summed E-state index contributed by atoms with van der Waals surface area (Å²) >= 11 is 0. The van der Waals surface area contributed by atoms with Crippen LogP contribution in [0.4, 0.5) is 87.8 Å². The van der Waals surface area contributed by atoms with Crippen molar-refractivity contribution in [2.45, 2.75) is 19.6 Å². The maximum Gasteiger partial charge on any atom is 4.00 e. The molecule has 0 spiro atoms. The average molecular weight is 1080 g/mol. The smallest absolute Gasteiger partial charge is 0.744 e. The predicted octanol–water partition coefficient (Wildman–Crippen LogP) is 5.14. The molecule has 0 atom stereocenters. The second-order valence-corrected chi connectivity index (χ2v) is 14.7. The SMILES string of the molecule is O=S(=O)([O-])c1c(F)c(F)c(F)c(F)c1F.O=S(=O)([O-])c1c(F)c(F)c(F)c(F)c1F.O=S(=O)([O-])c1c(F)c(F)c(F)c(F)c1F.O=S(=O)([O-])c1c(F)c(F)c(F)c(F)c1F.[Zr+4]. The quantitative estimate of drug-likeness (QED) is 0.112. The van der Waals surface area contributed by atoms with Crippen LogP contribution in [0, 0.1) is 116 Å². The number of hydrogen-bond acceptors (Lipinski definition) is 12. The van der Waals surface area contributed by atoms with Gasteiger partial charge in [-0.1, -0.05) is 0 Å². The third-order valence-corrected chi connectivity index (χ3v) is 9.11. The van der Waals surface area contributed by atoms with E-state index in [2.05, 4.69) is 0 Å². The summed E-state index contributed by atoms with van der Waals surface area (Å²) in [5, 5.41) is 0. The minimum absolute atomic E-state index is 0. The Morgan fingerprint density at radius 3 is 0.328 bits per heavy atom. The van der Waals surface area contributed by atoms with E-state index in [0.29, 0.717) is 0 Å². The molecule has 0 unspecified atom stereocenters. The van der Waals surface area contributed by atoms with Crippen molar-refractivity contribution in [3.63, 3.8) is 0 Å². The summed E-state index contributed by atoms with van der Waals surface area (Å²) in [6.45, 7) is 0. The van der Waals surface area contributed by atoms with E-state index in [1.807, 2.05) is 0 Å². The number of hydrogen-bond donors (Lipinski definition) is 0. The van der Waals surface area contributed by atoms with Crippen molar-refractivity contribution in [2.75, 3.05) is 0 Å². The topological polar surface area (TPSA) is 229 Å². The minimum Gasteiger partial charge on any atom is -0.744 e. The van der Waals surface area contributed by atoms with Crippen LogP contribution in [0.25, 0.3) is 0 Å². The maximum atomic E-state index is 12.6. The molecule has 0 bridgehead atoms. The van der Waals surface area contributed by atoms with Gasteiger partial charge in [0.05, 0.1) is 0 Å². The summed E-state index contributed by atoms with van der Waals surface area (Å²) in [6.07, 6.45) is 0. The first-order chi connectivity index (χ1) is 26.7. The Bertz CT molecular complexity index is 2380. The van der Waals surface area contributed by atoms with Crippen molar-refractivity contribution in [3.8, 4) is 0 Å². The van der Waals surface area contributed by atoms with Crippen LogP contribution >= 0.6 is 0 Å². The van der Waals surface area contributed by atoms with Crippen LogP contribution in [-0.4, -0.2) is 51.9 Å². The maximum absolute atomic E-state index is 12.6. The molecule has 0 aliphatic rings. The van der Waals surface area contributed by atoms with Crippen LogP contribution in [0.1, 0.15) is 0 Å². The number of halogens is 20. The first-order valence-corrected chi connectivity index (χ1v) is 18.2. The molecule has 12 nitrogen and oxygen atoms in total. The standard InChI is InChI=1S/4C6HF5O3S.Zr/c4*7-1-2(8)4(10)6(15(12,13)14)5(11)3(1)9;/h4*(H,12,13,14);/q;;;;+4/p-4. The van der Waals surface area contributed by atoms with E-state index >= 15 is 0 Å². The molecule has 4 rings (SSSR count). The molecule has 0 N–H and O–H groups in total. The summed E-state index contributed by atoms with van der Waals surface area (Å²) in [7, 11) is -23.1. The molecule has 4 aromatic carbocycles. The molecule has 0 saturated heterocycles. The van der Waals surface area contributed by atoms with Crippen molar-refractivity contribution in [2.24, 2.45) is 0 Å². The van der Waals surface area contributed by atoms with Crippen LogP contribution in [0.3, 0.4) is 0 Å². The fourth-order valence-electron chi connectivity index (χ4n) is 3.22. The molecular weight excluding hydrogens is 1080 g/mol. The largest absolute Gasteiger partial charge is 4.00 e. The summed E-state index contributed by atoms with van der Waals surface area (Å²) < 4.78 is 372. The minimum atomic E-state index is -5.77. The zero-order valence-electron chi connectivity index (χ0n) is 26.6. The summed E-state index contributed by atoms with van der Waals surface area (Å²) in [5.41, 5.74) is 0. The van der Waals surface area contributed by atoms with Crippen molar-refractivity contribution in [1.29, 1.82) is 0 Å². The van der Waals surface area contributed by atoms with E-state index in [9.17, 15) is 140 Å². The van der Waals surface area contributed by atoms with E-state index in [1.165, 1.54) is 0 Å². The Kier molecular flexibility index (Phi) is 18.7. The molecule has 0 heterocycles. The molecule has 61 heavy (non-hydrogen) atoms. The fourth-order valence-corrected chi connectivity index (χ4v) is 5.69. The molecule has 0 aliphatic carbocycles. The van der Waals surface area contributed by atoms with Gasteiger partial charge in [-0.05, 0) is 0 Å². The predicted molar refractivity (Wildman–Crippen MR) is 137 cm³/mol. The van der Waals surface area contributed by atoms with Gasteiger partial charge in [-0.3, -0.25) is 0 Å². The molecule has 0 fully saturated rings. The van der Waals surface area contributed by atoms with Crippen molar-refractivity contribution >= 4 is 40.5 Å². The van der Waals surface area contributed by atoms with Gasteiger partial charge in [0.25, 0.3) is 0 Å². The van der Waals surface area contributed by atoms with Crippen molar-refractivity contribution in [3.05, 3.63) is 116 Å². The summed E-state index contributed by atoms with van der Waals surface area (Å²) in [4.78, 5) is -9.50. The van der Waals surface area contributed by atoms with E-state index < -0.39 is 176 Å². The summed E-state index contributed by atoms with van der Waals surface area (Å²) in [6, 6.07) is 0. The van der Waals surface area contributed by atoms with E-state index in [-0.39, 0.29) is 26.2 Å². The normalized spacial score (nSPS) is 11.7. The molecule has 4 aromatic rings. The molecule has 0 aromatic heterocycles. The molecule has 0 saturated carbocycles. The van der Waals surface area contributed by atoms with Gasteiger partial charge in [-0.25, -0.2) is 121 Å². The average Bonchev–Trinajstić information content (AvgIpc) is 3.10. The number of benzene rings is 4. The second-order valence-electron chi connectivity index (χ2n) is 9.41. The van der Waals surface area contributed by atoms with Gasteiger partial charge in [0.15, 0.2) is 93.1 Å². The first-order valence-electron chi connectivity index (χ1n) is 12.6.